The van der Waals surface area contributed by atoms with Crippen LogP contribution in [0.25, 0.3) is 0 Å². The number of allylic oxidation sites excluding steroid dienone is 4. The summed E-state index contributed by atoms with van der Waals surface area (Å²) in [6.45, 7) is 8.94. The van der Waals surface area contributed by atoms with Crippen molar-refractivity contribution in [2.45, 2.75) is 46.9 Å². The van der Waals surface area contributed by atoms with Gasteiger partial charge in [-0.1, -0.05) is 57.8 Å². The van der Waals surface area contributed by atoms with Crippen LogP contribution in [0.4, 0.5) is 0 Å². The lowest BCUT2D eigenvalue weighted by atomic mass is 9.87. The van der Waals surface area contributed by atoms with Crippen molar-refractivity contribution in [3.63, 3.8) is 0 Å². The third-order valence-corrected chi connectivity index (χ3v) is 1.67. The van der Waals surface area contributed by atoms with Crippen LogP contribution in [0.1, 0.15) is 40.5 Å². The molecule has 0 spiro atoms. The summed E-state index contributed by atoms with van der Waals surface area (Å²) in [6, 6.07) is 0. The Bertz CT molecular complexity index is 182. The van der Waals surface area contributed by atoms with E-state index in [1.54, 1.807) is 0 Å². The van der Waals surface area contributed by atoms with E-state index in [9.17, 15) is 0 Å². The minimum atomic E-state index is 0.361. The Morgan fingerprint density at radius 2 is 1.92 bits per heavy atom. The fourth-order valence-corrected chi connectivity index (χ4v) is 1.29. The molecule has 0 saturated heterocycles. The molecule has 0 rings (SSSR count). The fraction of sp³-hybridized carbons (Fsp3) is 0.667. The van der Waals surface area contributed by atoms with Crippen molar-refractivity contribution in [1.82, 2.24) is 0 Å². The number of hydrogen-bond acceptors (Lipinski definition) is 0. The first-order valence-electron chi connectivity index (χ1n) is 5.05. The Morgan fingerprint density at radius 1 is 1.31 bits per heavy atom. The van der Waals surface area contributed by atoms with Gasteiger partial charge in [-0.25, -0.2) is 0 Å². The molecule has 0 aliphatic rings. The molecule has 0 amide bonds. The minimum absolute atomic E-state index is 0.361. The van der Waals surface area contributed by atoms with Crippen LogP contribution in [0.3, 0.4) is 0 Å². The Balaban J connectivity index is 4.28. The predicted octanol–water partition coefficient (Wildman–Crippen LogP) is 3.90. The lowest BCUT2D eigenvalue weighted by Crippen LogP contribution is -2.05. The lowest BCUT2D eigenvalue weighted by Gasteiger charge is -2.18. The molecule has 0 fully saturated rings. The van der Waals surface area contributed by atoms with Gasteiger partial charge in [0.2, 0.25) is 0 Å². The molecule has 0 heterocycles. The molecule has 0 aliphatic heterocycles. The molecule has 0 atom stereocenters. The van der Waals surface area contributed by atoms with Crippen molar-refractivity contribution in [2.75, 3.05) is 0 Å². The van der Waals surface area contributed by atoms with Crippen LogP contribution in [0, 0.1) is 5.41 Å². The van der Waals surface area contributed by atoms with Gasteiger partial charge in [0.25, 0.3) is 0 Å². The minimum Gasteiger partial charge on any atom is -0.0929 e. The molecule has 0 nitrogen and oxygen atoms in total. The Labute approximate surface area is 84.5 Å². The lowest BCUT2D eigenvalue weighted by molar-refractivity contribution is 0.413. The molecular formula is C12H21B. The highest BCUT2D eigenvalue weighted by Crippen LogP contribution is 2.24. The van der Waals surface area contributed by atoms with Crippen LogP contribution in [0.15, 0.2) is 23.8 Å². The maximum Gasteiger partial charge on any atom is 0.0708 e. The van der Waals surface area contributed by atoms with E-state index in [1.807, 2.05) is 6.08 Å². The van der Waals surface area contributed by atoms with Crippen LogP contribution in [0.2, 0.25) is 6.32 Å². The van der Waals surface area contributed by atoms with Crippen molar-refractivity contribution in [3.8, 4) is 0 Å². The molecule has 0 aromatic carbocycles. The average Bonchev–Trinajstić information content (AvgIpc) is 1.98. The summed E-state index contributed by atoms with van der Waals surface area (Å²) in [6.07, 6.45) is 9.29. The van der Waals surface area contributed by atoms with Gasteiger partial charge in [0, 0.05) is 0 Å². The summed E-state index contributed by atoms with van der Waals surface area (Å²) in [5, 5.41) is 0. The smallest absolute Gasteiger partial charge is 0.0708 e. The van der Waals surface area contributed by atoms with E-state index in [1.165, 1.54) is 5.57 Å². The highest BCUT2D eigenvalue weighted by Gasteiger charge is 2.10. The summed E-state index contributed by atoms with van der Waals surface area (Å²) >= 11 is 0. The maximum atomic E-state index is 5.42. The molecule has 0 aromatic heterocycles. The Morgan fingerprint density at radius 3 is 2.31 bits per heavy atom. The van der Waals surface area contributed by atoms with Gasteiger partial charge in [-0.15, -0.1) is 0 Å². The quantitative estimate of drug-likeness (QED) is 0.450. The standard InChI is InChI=1S/C12H21B/c1-5-7-11(8-6-9-13)10-12(2,3)4/h6-8H,5,9-10H2,1-4H3/b8-6-,11-7+. The van der Waals surface area contributed by atoms with Gasteiger partial charge in [-0.2, -0.15) is 0 Å². The third kappa shape index (κ3) is 7.89. The molecule has 2 radical (unpaired) electrons. The molecule has 72 valence electrons. The summed E-state index contributed by atoms with van der Waals surface area (Å²) in [5.41, 5.74) is 1.76. The number of hydrogen-bond donors (Lipinski definition) is 0. The summed E-state index contributed by atoms with van der Waals surface area (Å²) in [7, 11) is 5.42. The second-order valence-corrected chi connectivity index (χ2v) is 4.56. The highest BCUT2D eigenvalue weighted by atomic mass is 14.2. The van der Waals surface area contributed by atoms with Gasteiger partial charge < -0.3 is 0 Å². The van der Waals surface area contributed by atoms with E-state index >= 15 is 0 Å². The van der Waals surface area contributed by atoms with Gasteiger partial charge >= 0.3 is 0 Å². The van der Waals surface area contributed by atoms with Gasteiger partial charge in [-0.3, -0.25) is 0 Å². The predicted molar refractivity (Wildman–Crippen MR) is 62.1 cm³/mol. The molecule has 0 aliphatic carbocycles. The van der Waals surface area contributed by atoms with E-state index in [-0.39, 0.29) is 0 Å². The largest absolute Gasteiger partial charge is 0.0929 e. The third-order valence-electron chi connectivity index (χ3n) is 1.67. The maximum absolute atomic E-state index is 5.42. The first-order valence-corrected chi connectivity index (χ1v) is 5.05. The van der Waals surface area contributed by atoms with Crippen molar-refractivity contribution in [2.24, 2.45) is 5.41 Å². The molecule has 0 saturated carbocycles. The van der Waals surface area contributed by atoms with Crippen molar-refractivity contribution in [3.05, 3.63) is 23.8 Å². The van der Waals surface area contributed by atoms with Gasteiger partial charge in [0.15, 0.2) is 0 Å². The van der Waals surface area contributed by atoms with Crippen LogP contribution in [-0.2, 0) is 0 Å². The van der Waals surface area contributed by atoms with Gasteiger partial charge in [0.05, 0.1) is 7.85 Å². The summed E-state index contributed by atoms with van der Waals surface area (Å²) in [5.74, 6) is 0. The van der Waals surface area contributed by atoms with Crippen LogP contribution < -0.4 is 0 Å². The van der Waals surface area contributed by atoms with E-state index in [2.05, 4.69) is 39.8 Å². The molecule has 13 heavy (non-hydrogen) atoms. The zero-order chi connectivity index (χ0) is 10.3. The topological polar surface area (TPSA) is 0 Å². The second-order valence-electron chi connectivity index (χ2n) is 4.56. The first kappa shape index (κ1) is 12.5. The van der Waals surface area contributed by atoms with Crippen molar-refractivity contribution >= 4 is 7.85 Å². The van der Waals surface area contributed by atoms with Crippen molar-refractivity contribution < 1.29 is 0 Å². The average molecular weight is 176 g/mol. The normalized spacial score (nSPS) is 14.0. The van der Waals surface area contributed by atoms with E-state index in [4.69, 9.17) is 7.85 Å². The summed E-state index contributed by atoms with van der Waals surface area (Å²) < 4.78 is 0. The zero-order valence-electron chi connectivity index (χ0n) is 9.43. The molecule has 0 N–H and O–H groups in total. The van der Waals surface area contributed by atoms with Gasteiger partial charge in [0.1, 0.15) is 0 Å². The van der Waals surface area contributed by atoms with Crippen molar-refractivity contribution in [1.29, 1.82) is 0 Å². The fourth-order valence-electron chi connectivity index (χ4n) is 1.29. The van der Waals surface area contributed by atoms with Crippen LogP contribution >= 0.6 is 0 Å². The second kappa shape index (κ2) is 6.07. The number of rotatable bonds is 4. The molecule has 0 unspecified atom stereocenters. The van der Waals surface area contributed by atoms with E-state index in [0.717, 1.165) is 12.8 Å². The van der Waals surface area contributed by atoms with Crippen LogP contribution in [0.5, 0.6) is 0 Å². The highest BCUT2D eigenvalue weighted by molar-refractivity contribution is 6.09. The van der Waals surface area contributed by atoms with Crippen LogP contribution in [-0.4, -0.2) is 7.85 Å². The molecule has 0 bridgehead atoms. The van der Waals surface area contributed by atoms with E-state index in [0.29, 0.717) is 11.7 Å². The first-order chi connectivity index (χ1) is 5.99. The Hall–Kier alpha value is -0.455. The van der Waals surface area contributed by atoms with Gasteiger partial charge in [-0.05, 0) is 18.3 Å². The SMILES string of the molecule is [B]C/C=C\C(=C/CC)CC(C)(C)C. The molecular weight excluding hydrogens is 155 g/mol. The van der Waals surface area contributed by atoms with E-state index < -0.39 is 0 Å². The monoisotopic (exact) mass is 176 g/mol. The molecule has 0 aromatic rings. The Kier molecular flexibility index (Phi) is 5.86. The molecule has 1 heteroatoms. The summed E-state index contributed by atoms with van der Waals surface area (Å²) in [4.78, 5) is 0. The zero-order valence-corrected chi connectivity index (χ0v) is 9.43.